The monoisotopic (exact) mass is 383 g/mol. The number of halogens is 3. The van der Waals surface area contributed by atoms with Gasteiger partial charge in [-0.25, -0.2) is 13.6 Å². The first kappa shape index (κ1) is 15.8. The van der Waals surface area contributed by atoms with Gasteiger partial charge in [0.15, 0.2) is 11.6 Å². The number of rotatable bonds is 4. The zero-order chi connectivity index (χ0) is 14.7. The van der Waals surface area contributed by atoms with Crippen LogP contribution < -0.4 is 5.32 Å². The molecule has 1 amide bonds. The highest BCUT2D eigenvalue weighted by Gasteiger charge is 2.25. The van der Waals surface area contributed by atoms with Crippen LogP contribution in [-0.4, -0.2) is 23.0 Å². The normalized spacial score (nSPS) is 12.3. The van der Waals surface area contributed by atoms with Gasteiger partial charge in [0.2, 0.25) is 0 Å². The Morgan fingerprint density at radius 3 is 2.26 bits per heavy atom. The summed E-state index contributed by atoms with van der Waals surface area (Å²) in [5.74, 6) is -4.46. The standard InChI is InChI=1S/C12H12F2INO3/c1-5(2)10(12(18)19)16-11(17)6-3-7(13)8(14)4-9(6)15/h3-5,10H,1-2H3,(H,16,17)(H,18,19)/t10-/m0/s1. The fourth-order valence-corrected chi connectivity index (χ4v) is 2.10. The lowest BCUT2D eigenvalue weighted by Crippen LogP contribution is -2.44. The molecule has 4 nitrogen and oxygen atoms in total. The number of carboxylic acids is 1. The summed E-state index contributed by atoms with van der Waals surface area (Å²) >= 11 is 1.68. The van der Waals surface area contributed by atoms with E-state index in [4.69, 9.17) is 5.11 Å². The average molecular weight is 383 g/mol. The minimum Gasteiger partial charge on any atom is -0.480 e. The molecule has 1 aromatic rings. The molecule has 0 aliphatic carbocycles. The third kappa shape index (κ3) is 3.85. The summed E-state index contributed by atoms with van der Waals surface area (Å²) < 4.78 is 26.2. The number of nitrogens with one attached hydrogen (secondary N) is 1. The number of carbonyl (C=O) groups excluding carboxylic acids is 1. The Morgan fingerprint density at radius 2 is 1.79 bits per heavy atom. The van der Waals surface area contributed by atoms with Crippen molar-refractivity contribution < 1.29 is 23.5 Å². The first-order valence-electron chi connectivity index (χ1n) is 5.42. The van der Waals surface area contributed by atoms with Crippen molar-refractivity contribution in [1.82, 2.24) is 5.32 Å². The number of hydrogen-bond acceptors (Lipinski definition) is 2. The van der Waals surface area contributed by atoms with E-state index in [-0.39, 0.29) is 15.1 Å². The molecule has 19 heavy (non-hydrogen) atoms. The molecular weight excluding hydrogens is 371 g/mol. The van der Waals surface area contributed by atoms with Gasteiger partial charge in [0.1, 0.15) is 6.04 Å². The van der Waals surface area contributed by atoms with Gasteiger partial charge in [-0.2, -0.15) is 0 Å². The van der Waals surface area contributed by atoms with Gasteiger partial charge in [-0.1, -0.05) is 13.8 Å². The second-order valence-corrected chi connectivity index (χ2v) is 5.44. The molecule has 0 saturated heterocycles. The van der Waals surface area contributed by atoms with Gasteiger partial charge in [-0.05, 0) is 40.6 Å². The van der Waals surface area contributed by atoms with Crippen molar-refractivity contribution in [2.75, 3.05) is 0 Å². The lowest BCUT2D eigenvalue weighted by Gasteiger charge is -2.18. The number of aliphatic carboxylic acids is 1. The van der Waals surface area contributed by atoms with Gasteiger partial charge in [0, 0.05) is 3.57 Å². The summed E-state index contributed by atoms with van der Waals surface area (Å²) in [7, 11) is 0. The summed E-state index contributed by atoms with van der Waals surface area (Å²) in [4.78, 5) is 22.8. The quantitative estimate of drug-likeness (QED) is 0.620. The van der Waals surface area contributed by atoms with Crippen molar-refractivity contribution in [3.8, 4) is 0 Å². The van der Waals surface area contributed by atoms with Crippen LogP contribution in [0.15, 0.2) is 12.1 Å². The van der Waals surface area contributed by atoms with Gasteiger partial charge < -0.3 is 10.4 Å². The van der Waals surface area contributed by atoms with E-state index in [2.05, 4.69) is 5.32 Å². The Morgan fingerprint density at radius 1 is 1.26 bits per heavy atom. The van der Waals surface area contributed by atoms with Crippen LogP contribution in [0.5, 0.6) is 0 Å². The van der Waals surface area contributed by atoms with E-state index >= 15 is 0 Å². The molecule has 0 saturated carbocycles. The van der Waals surface area contributed by atoms with Crippen LogP contribution >= 0.6 is 22.6 Å². The summed E-state index contributed by atoms with van der Waals surface area (Å²) in [6, 6.07) is 0.554. The molecule has 1 atom stereocenters. The van der Waals surface area contributed by atoms with Crippen molar-refractivity contribution >= 4 is 34.5 Å². The Hall–Kier alpha value is -1.25. The third-order valence-electron chi connectivity index (χ3n) is 2.47. The zero-order valence-corrected chi connectivity index (χ0v) is 12.4. The summed E-state index contributed by atoms with van der Waals surface area (Å²) in [6.07, 6.45) is 0. The van der Waals surface area contributed by atoms with E-state index in [1.807, 2.05) is 0 Å². The van der Waals surface area contributed by atoms with Crippen LogP contribution in [0.4, 0.5) is 8.78 Å². The van der Waals surface area contributed by atoms with Gasteiger partial charge >= 0.3 is 5.97 Å². The maximum absolute atomic E-state index is 13.1. The minimum atomic E-state index is -1.18. The van der Waals surface area contributed by atoms with Crippen molar-refractivity contribution in [2.24, 2.45) is 5.92 Å². The van der Waals surface area contributed by atoms with Crippen LogP contribution in [0.25, 0.3) is 0 Å². The molecule has 0 aliphatic rings. The van der Waals surface area contributed by atoms with Crippen molar-refractivity contribution in [1.29, 1.82) is 0 Å². The average Bonchev–Trinajstić information content (AvgIpc) is 2.29. The lowest BCUT2D eigenvalue weighted by atomic mass is 10.0. The predicted octanol–water partition coefficient (Wildman–Crippen LogP) is 2.41. The molecular formula is C12H12F2INO3. The molecule has 0 bridgehead atoms. The Balaban J connectivity index is 3.01. The molecule has 104 valence electrons. The van der Waals surface area contributed by atoms with Crippen molar-refractivity contribution in [3.63, 3.8) is 0 Å². The van der Waals surface area contributed by atoms with Crippen LogP contribution in [0.2, 0.25) is 0 Å². The first-order valence-corrected chi connectivity index (χ1v) is 6.50. The Labute approximate surface area is 122 Å². The second-order valence-electron chi connectivity index (χ2n) is 4.28. The van der Waals surface area contributed by atoms with E-state index in [0.29, 0.717) is 0 Å². The molecule has 0 aliphatic heterocycles. The van der Waals surface area contributed by atoms with Crippen LogP contribution in [0.3, 0.4) is 0 Å². The lowest BCUT2D eigenvalue weighted by molar-refractivity contribution is -0.140. The van der Waals surface area contributed by atoms with E-state index in [1.165, 1.54) is 0 Å². The van der Waals surface area contributed by atoms with Gasteiger partial charge in [-0.15, -0.1) is 0 Å². The minimum absolute atomic E-state index is 0.0913. The number of hydrogen-bond donors (Lipinski definition) is 2. The van der Waals surface area contributed by atoms with Crippen LogP contribution in [0.1, 0.15) is 24.2 Å². The molecule has 0 aromatic heterocycles. The van der Waals surface area contributed by atoms with Crippen molar-refractivity contribution in [3.05, 3.63) is 32.9 Å². The maximum atomic E-state index is 13.1. The van der Waals surface area contributed by atoms with E-state index in [1.54, 1.807) is 36.4 Å². The predicted molar refractivity (Wildman–Crippen MR) is 72.8 cm³/mol. The topological polar surface area (TPSA) is 66.4 Å². The van der Waals surface area contributed by atoms with Gasteiger partial charge in [-0.3, -0.25) is 4.79 Å². The van der Waals surface area contributed by atoms with E-state index < -0.39 is 29.6 Å². The summed E-state index contributed by atoms with van der Waals surface area (Å²) in [6.45, 7) is 3.27. The molecule has 0 unspecified atom stereocenters. The molecule has 7 heteroatoms. The zero-order valence-electron chi connectivity index (χ0n) is 10.2. The highest BCUT2D eigenvalue weighted by atomic mass is 127. The SMILES string of the molecule is CC(C)[C@H](NC(=O)c1cc(F)c(F)cc1I)C(=O)O. The molecule has 0 heterocycles. The number of benzene rings is 1. The maximum Gasteiger partial charge on any atom is 0.326 e. The molecule has 2 N–H and O–H groups in total. The Bertz CT molecular complexity index is 520. The largest absolute Gasteiger partial charge is 0.480 e. The number of carboxylic acid groups (broad SMARTS) is 1. The number of carbonyl (C=O) groups is 2. The fourth-order valence-electron chi connectivity index (χ4n) is 1.43. The van der Waals surface area contributed by atoms with E-state index in [9.17, 15) is 18.4 Å². The smallest absolute Gasteiger partial charge is 0.326 e. The first-order chi connectivity index (χ1) is 8.73. The Kier molecular flexibility index (Phi) is 5.21. The van der Waals surface area contributed by atoms with E-state index in [0.717, 1.165) is 12.1 Å². The molecule has 0 radical (unpaired) electrons. The van der Waals surface area contributed by atoms with Crippen LogP contribution in [0, 0.1) is 21.1 Å². The summed E-state index contributed by atoms with van der Waals surface area (Å²) in [5, 5.41) is 11.2. The van der Waals surface area contributed by atoms with Crippen LogP contribution in [-0.2, 0) is 4.79 Å². The highest BCUT2D eigenvalue weighted by molar-refractivity contribution is 14.1. The molecule has 0 fully saturated rings. The molecule has 1 rings (SSSR count). The number of amides is 1. The highest BCUT2D eigenvalue weighted by Crippen LogP contribution is 2.17. The third-order valence-corrected chi connectivity index (χ3v) is 3.37. The summed E-state index contributed by atoms with van der Waals surface area (Å²) in [5.41, 5.74) is -0.0913. The molecule has 1 aromatic carbocycles. The van der Waals surface area contributed by atoms with Crippen molar-refractivity contribution in [2.45, 2.75) is 19.9 Å². The van der Waals surface area contributed by atoms with Gasteiger partial charge in [0.25, 0.3) is 5.91 Å². The second kappa shape index (κ2) is 6.27. The fraction of sp³-hybridized carbons (Fsp3) is 0.333. The van der Waals surface area contributed by atoms with Gasteiger partial charge in [0.05, 0.1) is 5.56 Å². The molecule has 0 spiro atoms.